The van der Waals surface area contributed by atoms with Crippen LogP contribution < -0.4 is 0 Å². The van der Waals surface area contributed by atoms with E-state index < -0.39 is 8.07 Å². The van der Waals surface area contributed by atoms with Gasteiger partial charge >= 0.3 is 0 Å². The predicted octanol–water partition coefficient (Wildman–Crippen LogP) is 9.43. The van der Waals surface area contributed by atoms with Crippen molar-refractivity contribution in [1.82, 2.24) is 0 Å². The lowest BCUT2D eigenvalue weighted by Crippen LogP contribution is -2.36. The monoisotopic (exact) mass is 488 g/mol. The van der Waals surface area contributed by atoms with Gasteiger partial charge in [0.25, 0.3) is 0 Å². The third kappa shape index (κ3) is 15.3. The van der Waals surface area contributed by atoms with Gasteiger partial charge in [-0.05, 0) is 30.7 Å². The van der Waals surface area contributed by atoms with Gasteiger partial charge in [0.1, 0.15) is 8.07 Å². The van der Waals surface area contributed by atoms with Crippen molar-refractivity contribution in [2.24, 2.45) is 0 Å². The normalized spacial score (nSPS) is 17.4. The van der Waals surface area contributed by atoms with E-state index in [0.717, 1.165) is 25.9 Å². The van der Waals surface area contributed by atoms with E-state index >= 15 is 0 Å². The van der Waals surface area contributed by atoms with Crippen LogP contribution in [0.2, 0.25) is 18.1 Å². The highest BCUT2D eigenvalue weighted by Crippen LogP contribution is 2.35. The van der Waals surface area contributed by atoms with Crippen LogP contribution in [-0.2, 0) is 9.47 Å². The highest BCUT2D eigenvalue weighted by molar-refractivity contribution is 6.87. The third-order valence-electron chi connectivity index (χ3n) is 7.46. The fraction of sp³-hybridized carbons (Fsp3) is 0.871. The van der Waals surface area contributed by atoms with Gasteiger partial charge in [0.15, 0.2) is 12.4 Å². The maximum Gasteiger partial charge on any atom is 0.181 e. The lowest BCUT2D eigenvalue weighted by Gasteiger charge is -2.31. The largest absolute Gasteiger partial charge is 0.353 e. The summed E-state index contributed by atoms with van der Waals surface area (Å²) >= 11 is 0. The van der Waals surface area contributed by atoms with Crippen LogP contribution in [0.4, 0.5) is 0 Å². The standard InChI is InChI=1S/C31H56O2Si/c1-7-8-9-10-11-12-13-14-15-16-17-18-19-20-21-24-29(33-30-25-22-23-27-32-30)26-28-34(5,6)31(2,3)4/h29-30H,7-20,22-23,25,27H2,1-6H3/t29-,30?/m0/s1. The SMILES string of the molecule is CCCCCCCCCCCCCCCC#C[C@@H](C#C[Si](C)(C)C(C)(C)C)OC1CCCCO1. The maximum atomic E-state index is 6.17. The Morgan fingerprint density at radius 3 is 1.88 bits per heavy atom. The van der Waals surface area contributed by atoms with Crippen molar-refractivity contribution in [1.29, 1.82) is 0 Å². The van der Waals surface area contributed by atoms with Gasteiger partial charge in [0.05, 0.1) is 0 Å². The molecule has 1 saturated heterocycles. The first kappa shape index (κ1) is 31.3. The lowest BCUT2D eigenvalue weighted by molar-refractivity contribution is -0.166. The van der Waals surface area contributed by atoms with E-state index in [1.54, 1.807) is 0 Å². The van der Waals surface area contributed by atoms with Gasteiger partial charge in [-0.2, -0.15) is 0 Å². The molecule has 0 aromatic heterocycles. The molecule has 196 valence electrons. The van der Waals surface area contributed by atoms with E-state index in [9.17, 15) is 0 Å². The van der Waals surface area contributed by atoms with Crippen LogP contribution in [0, 0.1) is 23.3 Å². The average molecular weight is 489 g/mol. The molecular weight excluding hydrogens is 432 g/mol. The van der Waals surface area contributed by atoms with Crippen LogP contribution in [-0.4, -0.2) is 27.1 Å². The molecule has 1 fully saturated rings. The van der Waals surface area contributed by atoms with Crippen molar-refractivity contribution in [2.75, 3.05) is 6.61 Å². The topological polar surface area (TPSA) is 18.5 Å². The number of hydrogen-bond acceptors (Lipinski definition) is 2. The molecule has 0 saturated carbocycles. The van der Waals surface area contributed by atoms with Crippen molar-refractivity contribution >= 4 is 8.07 Å². The van der Waals surface area contributed by atoms with Crippen LogP contribution >= 0.6 is 0 Å². The van der Waals surface area contributed by atoms with E-state index in [0.29, 0.717) is 0 Å². The first-order valence-electron chi connectivity index (χ1n) is 14.5. The molecule has 1 rings (SSSR count). The van der Waals surface area contributed by atoms with Gasteiger partial charge < -0.3 is 9.47 Å². The Morgan fingerprint density at radius 2 is 1.38 bits per heavy atom. The van der Waals surface area contributed by atoms with E-state index in [1.165, 1.54) is 89.9 Å². The molecule has 0 bridgehead atoms. The molecule has 1 heterocycles. The quantitative estimate of drug-likeness (QED) is 0.130. The first-order chi connectivity index (χ1) is 16.3. The second-order valence-corrected chi connectivity index (χ2v) is 16.8. The molecule has 1 unspecified atom stereocenters. The second kappa shape index (κ2) is 18.5. The highest BCUT2D eigenvalue weighted by Gasteiger charge is 2.33. The number of rotatable bonds is 15. The fourth-order valence-electron chi connectivity index (χ4n) is 3.90. The van der Waals surface area contributed by atoms with Crippen LogP contribution in [0.25, 0.3) is 0 Å². The minimum absolute atomic E-state index is 0.141. The van der Waals surface area contributed by atoms with Crippen LogP contribution in [0.1, 0.15) is 137 Å². The summed E-state index contributed by atoms with van der Waals surface area (Å²) in [5, 5.41) is 0.244. The summed E-state index contributed by atoms with van der Waals surface area (Å²) in [6.45, 7) is 14.7. The summed E-state index contributed by atoms with van der Waals surface area (Å²) in [6, 6.07) is 0. The van der Waals surface area contributed by atoms with Crippen molar-refractivity contribution in [3.8, 4) is 23.3 Å². The van der Waals surface area contributed by atoms with Gasteiger partial charge in [-0.1, -0.05) is 136 Å². The molecule has 2 nitrogen and oxygen atoms in total. The summed E-state index contributed by atoms with van der Waals surface area (Å²) < 4.78 is 12.0. The van der Waals surface area contributed by atoms with Crippen LogP contribution in [0.5, 0.6) is 0 Å². The summed E-state index contributed by atoms with van der Waals surface area (Å²) in [6.07, 6.45) is 21.7. The fourth-order valence-corrected chi connectivity index (χ4v) is 4.77. The van der Waals surface area contributed by atoms with Crippen LogP contribution in [0.15, 0.2) is 0 Å². The maximum absolute atomic E-state index is 6.17. The van der Waals surface area contributed by atoms with E-state index in [-0.39, 0.29) is 17.4 Å². The van der Waals surface area contributed by atoms with Gasteiger partial charge in [-0.25, -0.2) is 0 Å². The minimum Gasteiger partial charge on any atom is -0.353 e. The molecule has 0 aliphatic carbocycles. The first-order valence-corrected chi connectivity index (χ1v) is 17.5. The van der Waals surface area contributed by atoms with Gasteiger partial charge in [-0.3, -0.25) is 0 Å². The van der Waals surface area contributed by atoms with Crippen molar-refractivity contribution in [3.63, 3.8) is 0 Å². The molecule has 34 heavy (non-hydrogen) atoms. The molecule has 1 aliphatic rings. The number of ether oxygens (including phenoxy) is 2. The molecule has 0 N–H and O–H groups in total. The Morgan fingerprint density at radius 1 is 0.824 bits per heavy atom. The highest BCUT2D eigenvalue weighted by atomic mass is 28.3. The molecule has 0 aromatic rings. The zero-order valence-electron chi connectivity index (χ0n) is 23.7. The number of hydrogen-bond donors (Lipinski definition) is 0. The second-order valence-electron chi connectivity index (χ2n) is 11.8. The van der Waals surface area contributed by atoms with Crippen molar-refractivity contribution < 1.29 is 9.47 Å². The van der Waals surface area contributed by atoms with E-state index in [2.05, 4.69) is 64.1 Å². The lowest BCUT2D eigenvalue weighted by atomic mass is 10.0. The molecule has 3 heteroatoms. The zero-order valence-corrected chi connectivity index (χ0v) is 24.7. The summed E-state index contributed by atoms with van der Waals surface area (Å²) in [7, 11) is -1.67. The van der Waals surface area contributed by atoms with E-state index in [4.69, 9.17) is 9.47 Å². The Bertz CT molecular complexity index is 620. The Kier molecular flexibility index (Phi) is 17.0. The van der Waals surface area contributed by atoms with Crippen molar-refractivity contribution in [2.45, 2.75) is 167 Å². The van der Waals surface area contributed by atoms with Gasteiger partial charge in [0, 0.05) is 13.0 Å². The smallest absolute Gasteiger partial charge is 0.181 e. The molecule has 0 spiro atoms. The van der Waals surface area contributed by atoms with Crippen molar-refractivity contribution in [3.05, 3.63) is 0 Å². The Labute approximate surface area is 214 Å². The summed E-state index contributed by atoms with van der Waals surface area (Å²) in [4.78, 5) is 0. The Hall–Kier alpha value is -0.743. The molecule has 2 atom stereocenters. The van der Waals surface area contributed by atoms with Crippen LogP contribution in [0.3, 0.4) is 0 Å². The number of unbranched alkanes of at least 4 members (excludes halogenated alkanes) is 13. The third-order valence-corrected chi connectivity index (χ3v) is 12.0. The molecule has 1 aliphatic heterocycles. The molecule has 0 radical (unpaired) electrons. The summed E-state index contributed by atoms with van der Waals surface area (Å²) in [5.41, 5.74) is 3.60. The molecule has 0 aromatic carbocycles. The molecule has 0 amide bonds. The van der Waals surface area contributed by atoms with Gasteiger partial charge in [-0.15, -0.1) is 5.54 Å². The average Bonchev–Trinajstić information content (AvgIpc) is 2.79. The van der Waals surface area contributed by atoms with Gasteiger partial charge in [0.2, 0.25) is 0 Å². The zero-order chi connectivity index (χ0) is 25.1. The minimum atomic E-state index is -1.67. The summed E-state index contributed by atoms with van der Waals surface area (Å²) in [5.74, 6) is 10.1. The van der Waals surface area contributed by atoms with E-state index in [1.807, 2.05) is 0 Å². The Balaban J connectivity index is 2.29. The predicted molar refractivity (Wildman–Crippen MR) is 152 cm³/mol. The molecular formula is C31H56O2Si.